The van der Waals surface area contributed by atoms with Crippen molar-refractivity contribution >= 4 is 52.2 Å². The zero-order valence-electron chi connectivity index (χ0n) is 16.9. The molecule has 0 aliphatic rings. The summed E-state index contributed by atoms with van der Waals surface area (Å²) in [6, 6.07) is 14.1. The van der Waals surface area contributed by atoms with E-state index in [1.54, 1.807) is 40.0 Å². The quantitative estimate of drug-likeness (QED) is 0.423. The maximum absolute atomic E-state index is 13.1. The number of aromatic nitrogens is 1. The van der Waals surface area contributed by atoms with Crippen molar-refractivity contribution in [3.8, 4) is 10.6 Å². The Hall–Kier alpha value is -2.41. The molecule has 3 aromatic rings. The number of ether oxygens (including phenoxy) is 1. The number of amides is 1. The van der Waals surface area contributed by atoms with Crippen LogP contribution in [0.4, 0.5) is 5.82 Å². The fourth-order valence-corrected chi connectivity index (χ4v) is 4.11. The average Bonchev–Trinajstić information content (AvgIpc) is 3.12. The molecule has 2 aromatic carbocycles. The van der Waals surface area contributed by atoms with E-state index in [0.717, 1.165) is 5.56 Å². The zero-order valence-corrected chi connectivity index (χ0v) is 19.2. The van der Waals surface area contributed by atoms with Crippen LogP contribution in [0.15, 0.2) is 48.5 Å². The topological polar surface area (TPSA) is 59.5 Å². The summed E-state index contributed by atoms with van der Waals surface area (Å²) in [7, 11) is 1.55. The first kappa shape index (κ1) is 22.3. The highest BCUT2D eigenvalue weighted by atomic mass is 35.5. The van der Waals surface area contributed by atoms with Gasteiger partial charge in [-0.25, -0.2) is 9.78 Å². The van der Waals surface area contributed by atoms with Crippen molar-refractivity contribution in [1.29, 1.82) is 0 Å². The highest BCUT2D eigenvalue weighted by Crippen LogP contribution is 2.35. The Kier molecular flexibility index (Phi) is 6.50. The van der Waals surface area contributed by atoms with Gasteiger partial charge in [0.05, 0.1) is 10.6 Å². The molecule has 0 saturated carbocycles. The number of carbonyl (C=O) groups is 2. The lowest BCUT2D eigenvalue weighted by atomic mass is 10.2. The van der Waals surface area contributed by atoms with Crippen molar-refractivity contribution in [3.05, 3.63) is 69.0 Å². The van der Waals surface area contributed by atoms with Gasteiger partial charge < -0.3 is 4.74 Å². The molecule has 8 heteroatoms. The Morgan fingerprint density at radius 2 is 1.73 bits per heavy atom. The number of anilines is 1. The van der Waals surface area contributed by atoms with E-state index in [0.29, 0.717) is 10.0 Å². The van der Waals surface area contributed by atoms with Crippen LogP contribution in [-0.4, -0.2) is 29.5 Å². The van der Waals surface area contributed by atoms with E-state index in [-0.39, 0.29) is 21.3 Å². The molecule has 5 nitrogen and oxygen atoms in total. The molecule has 0 atom stereocenters. The molecule has 1 aromatic heterocycles. The predicted molar refractivity (Wildman–Crippen MR) is 122 cm³/mol. The zero-order chi connectivity index (χ0) is 22.1. The van der Waals surface area contributed by atoms with Crippen LogP contribution in [-0.2, 0) is 4.74 Å². The maximum Gasteiger partial charge on any atom is 0.352 e. The third-order valence-corrected chi connectivity index (χ3v) is 5.62. The van der Waals surface area contributed by atoms with Gasteiger partial charge in [0.25, 0.3) is 5.91 Å². The molecule has 0 N–H and O–H groups in total. The first-order chi connectivity index (χ1) is 14.1. The molecule has 0 aliphatic heterocycles. The number of hydrogen-bond donors (Lipinski definition) is 0. The Morgan fingerprint density at radius 3 is 2.33 bits per heavy atom. The molecule has 0 aliphatic carbocycles. The van der Waals surface area contributed by atoms with E-state index in [4.69, 9.17) is 27.9 Å². The molecule has 0 unspecified atom stereocenters. The van der Waals surface area contributed by atoms with Crippen molar-refractivity contribution < 1.29 is 14.3 Å². The lowest BCUT2D eigenvalue weighted by Crippen LogP contribution is -2.29. The van der Waals surface area contributed by atoms with Gasteiger partial charge in [-0.3, -0.25) is 9.69 Å². The molecular formula is C22H20Cl2N2O3S. The van der Waals surface area contributed by atoms with E-state index in [1.165, 1.54) is 22.3 Å². The summed E-state index contributed by atoms with van der Waals surface area (Å²) >= 11 is 13.3. The SMILES string of the molecule is CN(C(=O)c1ccc(Cl)cc1Cl)c1nc(-c2ccccc2)sc1C(=O)OC(C)(C)C. The summed E-state index contributed by atoms with van der Waals surface area (Å²) in [6.07, 6.45) is 0. The minimum atomic E-state index is -0.687. The van der Waals surface area contributed by atoms with Gasteiger partial charge in [-0.2, -0.15) is 0 Å². The first-order valence-corrected chi connectivity index (χ1v) is 10.7. The van der Waals surface area contributed by atoms with Gasteiger partial charge in [0, 0.05) is 17.6 Å². The Balaban J connectivity index is 2.05. The predicted octanol–water partition coefficient (Wildman–Crippen LogP) is 6.35. The fourth-order valence-electron chi connectivity index (χ4n) is 2.64. The number of carbonyl (C=O) groups excluding carboxylic acids is 2. The van der Waals surface area contributed by atoms with Crippen LogP contribution in [0.2, 0.25) is 10.0 Å². The number of rotatable bonds is 4. The molecule has 0 radical (unpaired) electrons. The van der Waals surface area contributed by atoms with Crippen molar-refractivity contribution in [1.82, 2.24) is 4.98 Å². The second-order valence-corrected chi connectivity index (χ2v) is 9.37. The second kappa shape index (κ2) is 8.76. The summed E-state index contributed by atoms with van der Waals surface area (Å²) < 4.78 is 5.54. The smallest absolute Gasteiger partial charge is 0.352 e. The first-order valence-electron chi connectivity index (χ1n) is 9.09. The molecule has 0 saturated heterocycles. The lowest BCUT2D eigenvalue weighted by Gasteiger charge is -2.21. The summed E-state index contributed by atoms with van der Waals surface area (Å²) in [5, 5.41) is 1.25. The van der Waals surface area contributed by atoms with Gasteiger partial charge in [-0.05, 0) is 39.0 Å². The molecular weight excluding hydrogens is 443 g/mol. The van der Waals surface area contributed by atoms with Crippen molar-refractivity contribution in [2.75, 3.05) is 11.9 Å². The molecule has 1 amide bonds. The lowest BCUT2D eigenvalue weighted by molar-refractivity contribution is 0.00759. The normalized spacial score (nSPS) is 11.3. The molecule has 156 valence electrons. The molecule has 1 heterocycles. The number of thiazole rings is 1. The van der Waals surface area contributed by atoms with E-state index in [9.17, 15) is 9.59 Å². The number of hydrogen-bond acceptors (Lipinski definition) is 5. The van der Waals surface area contributed by atoms with Gasteiger partial charge in [0.2, 0.25) is 0 Å². The summed E-state index contributed by atoms with van der Waals surface area (Å²) in [5.74, 6) is -0.741. The van der Waals surface area contributed by atoms with Gasteiger partial charge >= 0.3 is 5.97 Å². The Bertz CT molecular complexity index is 1090. The minimum Gasteiger partial charge on any atom is -0.456 e. The highest BCUT2D eigenvalue weighted by molar-refractivity contribution is 7.17. The Labute approximate surface area is 189 Å². The molecule has 0 spiro atoms. The standard InChI is InChI=1S/C22H20Cl2N2O3S/c1-22(2,3)29-21(28)17-18(25-19(30-17)13-8-6-5-7-9-13)26(4)20(27)15-11-10-14(23)12-16(15)24/h5-12H,1-4H3. The van der Waals surface area contributed by atoms with Crippen LogP contribution in [0.25, 0.3) is 10.6 Å². The Morgan fingerprint density at radius 1 is 1.07 bits per heavy atom. The van der Waals surface area contributed by atoms with Crippen molar-refractivity contribution in [3.63, 3.8) is 0 Å². The summed E-state index contributed by atoms with van der Waals surface area (Å²) in [4.78, 5) is 32.1. The van der Waals surface area contributed by atoms with E-state index >= 15 is 0 Å². The van der Waals surface area contributed by atoms with Crippen LogP contribution in [0.5, 0.6) is 0 Å². The van der Waals surface area contributed by atoms with Crippen LogP contribution in [0.3, 0.4) is 0 Å². The van der Waals surface area contributed by atoms with E-state index in [1.807, 2.05) is 30.3 Å². The highest BCUT2D eigenvalue weighted by Gasteiger charge is 2.29. The van der Waals surface area contributed by atoms with Crippen LogP contribution >= 0.6 is 34.5 Å². The van der Waals surface area contributed by atoms with Crippen LogP contribution in [0, 0.1) is 0 Å². The second-order valence-electron chi connectivity index (χ2n) is 7.53. The summed E-state index contributed by atoms with van der Waals surface area (Å²) in [5.41, 5.74) is 0.407. The third kappa shape index (κ3) is 5.01. The third-order valence-electron chi connectivity index (χ3n) is 4.00. The fraction of sp³-hybridized carbons (Fsp3) is 0.227. The van der Waals surface area contributed by atoms with Gasteiger partial charge in [-0.15, -0.1) is 11.3 Å². The number of esters is 1. The number of benzene rings is 2. The molecule has 30 heavy (non-hydrogen) atoms. The molecule has 3 rings (SSSR count). The number of nitrogens with zero attached hydrogens (tertiary/aromatic N) is 2. The summed E-state index contributed by atoms with van der Waals surface area (Å²) in [6.45, 7) is 5.35. The largest absolute Gasteiger partial charge is 0.456 e. The minimum absolute atomic E-state index is 0.212. The maximum atomic E-state index is 13.1. The monoisotopic (exact) mass is 462 g/mol. The molecule has 0 fully saturated rings. The van der Waals surface area contributed by atoms with Crippen LogP contribution < -0.4 is 4.90 Å². The van der Waals surface area contributed by atoms with Gasteiger partial charge in [0.15, 0.2) is 10.7 Å². The van der Waals surface area contributed by atoms with E-state index in [2.05, 4.69) is 4.98 Å². The van der Waals surface area contributed by atoms with Crippen molar-refractivity contribution in [2.45, 2.75) is 26.4 Å². The molecule has 0 bridgehead atoms. The van der Waals surface area contributed by atoms with E-state index < -0.39 is 17.5 Å². The van der Waals surface area contributed by atoms with Gasteiger partial charge in [-0.1, -0.05) is 53.5 Å². The average molecular weight is 463 g/mol. The number of halogens is 2. The van der Waals surface area contributed by atoms with Crippen molar-refractivity contribution in [2.24, 2.45) is 0 Å². The van der Waals surface area contributed by atoms with Crippen LogP contribution in [0.1, 0.15) is 40.8 Å². The van der Waals surface area contributed by atoms with Gasteiger partial charge in [0.1, 0.15) is 10.6 Å².